The van der Waals surface area contributed by atoms with Gasteiger partial charge < -0.3 is 39.2 Å². The Morgan fingerprint density at radius 2 is 1.73 bits per heavy atom. The third kappa shape index (κ3) is 10.5. The van der Waals surface area contributed by atoms with E-state index >= 15 is 0 Å². The van der Waals surface area contributed by atoms with Gasteiger partial charge in [-0.05, 0) is 100 Å². The van der Waals surface area contributed by atoms with E-state index in [-0.39, 0.29) is 44.9 Å². The van der Waals surface area contributed by atoms with Crippen molar-refractivity contribution < 1.29 is 64.5 Å². The van der Waals surface area contributed by atoms with Gasteiger partial charge in [0.15, 0.2) is 0 Å². The van der Waals surface area contributed by atoms with E-state index in [1.807, 2.05) is 0 Å². The van der Waals surface area contributed by atoms with E-state index in [1.54, 1.807) is 57.2 Å². The number of halogens is 3. The zero-order valence-corrected chi connectivity index (χ0v) is 35.3. The number of benzene rings is 2. The highest BCUT2D eigenvalue weighted by molar-refractivity contribution is 7.91. The molecular weight excluding hydrogens is 840 g/mol. The maximum absolute atomic E-state index is 14.6. The Labute approximate surface area is 355 Å². The van der Waals surface area contributed by atoms with E-state index in [9.17, 15) is 40.8 Å². The van der Waals surface area contributed by atoms with Crippen LogP contribution in [0, 0.1) is 5.92 Å². The van der Waals surface area contributed by atoms with Crippen molar-refractivity contribution in [2.24, 2.45) is 5.92 Å². The smallest absolute Gasteiger partial charge is 0.497 e. The molecule has 7 rings (SSSR count). The van der Waals surface area contributed by atoms with Crippen LogP contribution >= 0.6 is 0 Å². The molecule has 3 fully saturated rings. The third-order valence-corrected chi connectivity index (χ3v) is 12.6. The van der Waals surface area contributed by atoms with Crippen LogP contribution in [0.25, 0.3) is 22.0 Å². The lowest BCUT2D eigenvalue weighted by Crippen LogP contribution is -2.58. The largest absolute Gasteiger partial charge is 0.573 e. The molecule has 4 amide bonds. The molecule has 3 heterocycles. The lowest BCUT2D eigenvalue weighted by atomic mass is 10.1. The Hall–Kier alpha value is -5.63. The van der Waals surface area contributed by atoms with Gasteiger partial charge in [-0.25, -0.2) is 18.2 Å². The second-order valence-electron chi connectivity index (χ2n) is 16.7. The fraction of sp³-hybridized carbons (Fsp3) is 0.500. The molecule has 16 nitrogen and oxygen atoms in total. The van der Waals surface area contributed by atoms with Gasteiger partial charge in [0.2, 0.25) is 27.7 Å². The molecule has 2 aliphatic heterocycles. The Morgan fingerprint density at radius 1 is 1.00 bits per heavy atom. The average molecular weight is 888 g/mol. The van der Waals surface area contributed by atoms with Crippen molar-refractivity contribution >= 4 is 44.6 Å². The van der Waals surface area contributed by atoms with Crippen LogP contribution in [-0.4, -0.2) is 110 Å². The molecule has 20 heteroatoms. The van der Waals surface area contributed by atoms with Crippen molar-refractivity contribution in [1.82, 2.24) is 25.2 Å². The molecule has 334 valence electrons. The first kappa shape index (κ1) is 44.4. The molecule has 2 aliphatic carbocycles. The molecule has 1 aromatic heterocycles. The van der Waals surface area contributed by atoms with E-state index in [0.717, 1.165) is 12.1 Å². The molecule has 62 heavy (non-hydrogen) atoms. The molecule has 4 aliphatic rings. The monoisotopic (exact) mass is 887 g/mol. The highest BCUT2D eigenvalue weighted by Gasteiger charge is 2.62. The van der Waals surface area contributed by atoms with Crippen LogP contribution in [0.4, 0.5) is 18.0 Å². The molecule has 2 unspecified atom stereocenters. The molecule has 2 saturated carbocycles. The molecule has 0 radical (unpaired) electrons. The number of methoxy groups -OCH3 is 1. The Balaban J connectivity index is 1.23. The lowest BCUT2D eigenvalue weighted by Gasteiger charge is -2.30. The van der Waals surface area contributed by atoms with Crippen molar-refractivity contribution in [3.05, 3.63) is 60.7 Å². The topological polar surface area (TPSA) is 201 Å². The zero-order valence-electron chi connectivity index (χ0n) is 34.5. The Morgan fingerprint density at radius 3 is 2.40 bits per heavy atom. The molecule has 5 atom stereocenters. The summed E-state index contributed by atoms with van der Waals surface area (Å²) >= 11 is 0. The number of alkyl carbamates (subject to hydrolysis) is 1. The maximum Gasteiger partial charge on any atom is 0.573 e. The van der Waals surface area contributed by atoms with Gasteiger partial charge in [0, 0.05) is 36.3 Å². The number of fused-ring (bicyclic) bond motifs is 3. The second kappa shape index (κ2) is 17.3. The summed E-state index contributed by atoms with van der Waals surface area (Å²) in [6, 6.07) is 9.38. The van der Waals surface area contributed by atoms with Crippen molar-refractivity contribution in [3.8, 4) is 28.6 Å². The van der Waals surface area contributed by atoms with E-state index < -0.39 is 86.4 Å². The normalized spacial score (nSPS) is 24.7. The zero-order chi connectivity index (χ0) is 44.6. The third-order valence-electron chi connectivity index (χ3n) is 10.8. The van der Waals surface area contributed by atoms with Crippen molar-refractivity contribution in [2.75, 3.05) is 26.9 Å². The first-order valence-electron chi connectivity index (χ1n) is 20.2. The second-order valence-corrected chi connectivity index (χ2v) is 18.7. The first-order valence-corrected chi connectivity index (χ1v) is 21.7. The summed E-state index contributed by atoms with van der Waals surface area (Å²) < 4.78 is 93.9. The van der Waals surface area contributed by atoms with Crippen LogP contribution in [0.15, 0.2) is 60.7 Å². The van der Waals surface area contributed by atoms with Gasteiger partial charge in [-0.15, -0.1) is 13.2 Å². The van der Waals surface area contributed by atoms with Crippen LogP contribution in [0.5, 0.6) is 17.4 Å². The van der Waals surface area contributed by atoms with Gasteiger partial charge in [0.25, 0.3) is 5.91 Å². The Bertz CT molecular complexity index is 2350. The summed E-state index contributed by atoms with van der Waals surface area (Å²) in [5.41, 5.74) is -1.81. The standard InChI is InChI=1S/C42H48F3N5O11S/c1-40(2,3)61-39(54)47-32-16-18-58-17-6-5-7-26-22-41(26,38(53)49-62(55,56)30-13-14-30)48-35(51)34-21-29(23-50(34)37(32)52)59-36-31-15-12-28(57-4)19-25(31)20-33(46-36)24-8-10-27(11-9-24)60-42(43,44)45/h5,7-12,15,19-20,26,29-30,32,34H,6,13-14,16-18,21-23H2,1-4H3,(H,47,54)(H,48,51)(H,49,53)/t26?,29?,32-,34-,41+/m0/s1. The van der Waals surface area contributed by atoms with E-state index in [0.29, 0.717) is 47.0 Å². The fourth-order valence-corrected chi connectivity index (χ4v) is 8.88. The minimum atomic E-state index is -4.89. The maximum atomic E-state index is 14.6. The number of pyridine rings is 1. The number of carbonyl (C=O) groups is 4. The predicted molar refractivity (Wildman–Crippen MR) is 216 cm³/mol. The van der Waals surface area contributed by atoms with Crippen LogP contribution in [-0.2, 0) is 33.9 Å². The highest BCUT2D eigenvalue weighted by Crippen LogP contribution is 2.46. The number of aromatic nitrogens is 1. The minimum Gasteiger partial charge on any atom is -0.497 e. The van der Waals surface area contributed by atoms with E-state index in [2.05, 4.69) is 20.1 Å². The predicted octanol–water partition coefficient (Wildman–Crippen LogP) is 4.90. The van der Waals surface area contributed by atoms with Gasteiger partial charge in [-0.3, -0.25) is 19.1 Å². The highest BCUT2D eigenvalue weighted by atomic mass is 32.2. The summed E-state index contributed by atoms with van der Waals surface area (Å²) in [4.78, 5) is 62.0. The molecule has 3 N–H and O–H groups in total. The van der Waals surface area contributed by atoms with Crippen LogP contribution in [0.2, 0.25) is 0 Å². The number of nitrogens with zero attached hydrogens (tertiary/aromatic N) is 2. The summed E-state index contributed by atoms with van der Waals surface area (Å²) in [5.74, 6) is -2.73. The summed E-state index contributed by atoms with van der Waals surface area (Å²) in [5, 5.41) is 5.82. The lowest BCUT2D eigenvalue weighted by molar-refractivity contribution is -0.274. The number of hydrogen-bond donors (Lipinski definition) is 3. The van der Waals surface area contributed by atoms with Gasteiger partial charge in [-0.2, -0.15) is 0 Å². The summed E-state index contributed by atoms with van der Waals surface area (Å²) in [7, 11) is -2.50. The molecule has 0 bridgehead atoms. The number of ether oxygens (including phenoxy) is 5. The SMILES string of the molecule is COc1ccc2c(OC3C[C@H]4C(=O)N[C@]5(C(=O)NS(=O)(=O)C6CC6)CC5C=CCCOCC[C@H](NC(=O)OC(C)(C)C)C(=O)N4C3)nc(-c3ccc(OC(F)(F)F)cc3)cc2c1. The number of nitrogens with one attached hydrogen (secondary N) is 3. The van der Waals surface area contributed by atoms with Crippen LogP contribution < -0.4 is 29.6 Å². The Kier molecular flexibility index (Phi) is 12.4. The van der Waals surface area contributed by atoms with E-state index in [1.165, 1.54) is 24.1 Å². The fourth-order valence-electron chi connectivity index (χ4n) is 7.52. The van der Waals surface area contributed by atoms with Crippen LogP contribution in [0.1, 0.15) is 59.3 Å². The van der Waals surface area contributed by atoms with Gasteiger partial charge in [0.05, 0.1) is 31.2 Å². The average Bonchev–Trinajstić information content (AvgIpc) is 4.12. The van der Waals surface area contributed by atoms with E-state index in [4.69, 9.17) is 23.9 Å². The number of carbonyl (C=O) groups excluding carboxylic acids is 4. The molecular formula is C42H48F3N5O11S. The summed E-state index contributed by atoms with van der Waals surface area (Å²) in [6.07, 6.45) is -1.95. The first-order chi connectivity index (χ1) is 29.2. The molecule has 1 saturated heterocycles. The molecule has 0 spiro atoms. The van der Waals surface area contributed by atoms with Crippen LogP contribution in [0.3, 0.4) is 0 Å². The summed E-state index contributed by atoms with van der Waals surface area (Å²) in [6.45, 7) is 5.08. The van der Waals surface area contributed by atoms with Gasteiger partial charge in [-0.1, -0.05) is 12.2 Å². The minimum absolute atomic E-state index is 0.00895. The number of alkyl halides is 3. The molecule has 3 aromatic rings. The van der Waals surface area contributed by atoms with Gasteiger partial charge in [0.1, 0.15) is 40.8 Å². The number of rotatable bonds is 9. The molecule has 2 aromatic carbocycles. The number of amides is 4. The van der Waals surface area contributed by atoms with Gasteiger partial charge >= 0.3 is 12.5 Å². The number of sulfonamides is 1. The van der Waals surface area contributed by atoms with Crippen molar-refractivity contribution in [3.63, 3.8) is 0 Å². The van der Waals surface area contributed by atoms with Crippen molar-refractivity contribution in [1.29, 1.82) is 0 Å². The van der Waals surface area contributed by atoms with Crippen molar-refractivity contribution in [2.45, 2.75) is 100 Å². The number of hydrogen-bond acceptors (Lipinski definition) is 12. The quantitative estimate of drug-likeness (QED) is 0.246.